The number of benzene rings is 2. The predicted octanol–water partition coefficient (Wildman–Crippen LogP) is 3.07. The largest absolute Gasteiger partial charge is 0.497 e. The van der Waals surface area contributed by atoms with E-state index in [4.69, 9.17) is 9.47 Å². The van der Waals surface area contributed by atoms with Gasteiger partial charge in [0.25, 0.3) is 5.91 Å². The average Bonchev–Trinajstić information content (AvgIpc) is 3.04. The lowest BCUT2D eigenvalue weighted by Crippen LogP contribution is -2.25. The molecule has 3 rings (SSSR count). The molecule has 3 aromatic rings. The molecule has 2 aromatic carbocycles. The number of fused-ring (bicyclic) bond motifs is 1. The van der Waals surface area contributed by atoms with E-state index in [-0.39, 0.29) is 5.91 Å². The lowest BCUT2D eigenvalue weighted by Gasteiger charge is -2.06. The Balaban J connectivity index is 1.59. The normalized spacial score (nSPS) is 10.5. The smallest absolute Gasteiger partial charge is 0.308 e. The maximum Gasteiger partial charge on any atom is 0.308 e. The van der Waals surface area contributed by atoms with E-state index in [0.29, 0.717) is 24.3 Å². The van der Waals surface area contributed by atoms with Crippen molar-refractivity contribution in [3.8, 4) is 11.5 Å². The first-order valence-electron chi connectivity index (χ1n) is 8.27. The van der Waals surface area contributed by atoms with Gasteiger partial charge in [-0.2, -0.15) is 0 Å². The Morgan fingerprint density at radius 3 is 2.50 bits per heavy atom. The molecular formula is C20H20N2O4. The molecule has 1 heterocycles. The summed E-state index contributed by atoms with van der Waals surface area (Å²) in [4.78, 5) is 26.4. The monoisotopic (exact) mass is 352 g/mol. The summed E-state index contributed by atoms with van der Waals surface area (Å²) in [7, 11) is 1.64. The number of nitrogens with one attached hydrogen (secondary N) is 2. The summed E-state index contributed by atoms with van der Waals surface area (Å²) >= 11 is 0. The highest BCUT2D eigenvalue weighted by Crippen LogP contribution is 2.23. The summed E-state index contributed by atoms with van der Waals surface area (Å²) in [6.45, 7) is 1.84. The van der Waals surface area contributed by atoms with Gasteiger partial charge in [-0.05, 0) is 54.4 Å². The molecule has 134 valence electrons. The van der Waals surface area contributed by atoms with Crippen LogP contribution in [0.1, 0.15) is 22.8 Å². The first kappa shape index (κ1) is 17.5. The molecule has 6 heteroatoms. The van der Waals surface area contributed by atoms with Gasteiger partial charge < -0.3 is 19.8 Å². The van der Waals surface area contributed by atoms with Gasteiger partial charge in [0.15, 0.2) is 0 Å². The van der Waals surface area contributed by atoms with Crippen LogP contribution in [-0.4, -0.2) is 30.5 Å². The highest BCUT2D eigenvalue weighted by molar-refractivity contribution is 5.94. The van der Waals surface area contributed by atoms with Crippen molar-refractivity contribution >= 4 is 22.8 Å². The Hall–Kier alpha value is -3.28. The van der Waals surface area contributed by atoms with Gasteiger partial charge in [-0.15, -0.1) is 0 Å². The molecule has 0 bridgehead atoms. The summed E-state index contributed by atoms with van der Waals surface area (Å²) in [5, 5.41) is 3.99. The van der Waals surface area contributed by atoms with Gasteiger partial charge >= 0.3 is 5.97 Å². The van der Waals surface area contributed by atoms with Crippen molar-refractivity contribution in [1.29, 1.82) is 0 Å². The number of carbonyl (C=O) groups is 2. The van der Waals surface area contributed by atoms with Crippen LogP contribution in [0.2, 0.25) is 0 Å². The van der Waals surface area contributed by atoms with E-state index in [0.717, 1.165) is 22.2 Å². The van der Waals surface area contributed by atoms with Crippen molar-refractivity contribution < 1.29 is 19.1 Å². The number of rotatable bonds is 6. The molecule has 6 nitrogen and oxygen atoms in total. The second kappa shape index (κ2) is 7.74. The molecule has 0 fully saturated rings. The molecular weight excluding hydrogens is 332 g/mol. The van der Waals surface area contributed by atoms with Crippen molar-refractivity contribution in [1.82, 2.24) is 10.3 Å². The maximum absolute atomic E-state index is 12.2. The number of amides is 1. The number of hydrogen-bond acceptors (Lipinski definition) is 4. The quantitative estimate of drug-likeness (QED) is 0.528. The van der Waals surface area contributed by atoms with Gasteiger partial charge in [0.1, 0.15) is 11.5 Å². The topological polar surface area (TPSA) is 80.4 Å². The zero-order valence-electron chi connectivity index (χ0n) is 14.7. The van der Waals surface area contributed by atoms with Gasteiger partial charge in [0, 0.05) is 36.1 Å². The molecule has 0 spiro atoms. The lowest BCUT2D eigenvalue weighted by atomic mass is 10.1. The van der Waals surface area contributed by atoms with Gasteiger partial charge in [-0.25, -0.2) is 0 Å². The highest BCUT2D eigenvalue weighted by Gasteiger charge is 2.08. The number of methoxy groups -OCH3 is 1. The molecule has 26 heavy (non-hydrogen) atoms. The number of aromatic nitrogens is 1. The molecule has 0 unspecified atom stereocenters. The third-order valence-electron chi connectivity index (χ3n) is 4.03. The van der Waals surface area contributed by atoms with Crippen LogP contribution in [0.3, 0.4) is 0 Å². The molecule has 0 saturated heterocycles. The van der Waals surface area contributed by atoms with E-state index in [1.165, 1.54) is 6.92 Å². The minimum absolute atomic E-state index is 0.170. The number of hydrogen-bond donors (Lipinski definition) is 2. The second-order valence-electron chi connectivity index (χ2n) is 5.85. The Kier molecular flexibility index (Phi) is 5.22. The molecule has 0 aliphatic rings. The van der Waals surface area contributed by atoms with Gasteiger partial charge in [-0.3, -0.25) is 9.59 Å². The van der Waals surface area contributed by atoms with Gasteiger partial charge in [0.2, 0.25) is 0 Å². The fourth-order valence-corrected chi connectivity index (χ4v) is 2.74. The molecule has 0 aliphatic heterocycles. The van der Waals surface area contributed by atoms with E-state index in [1.807, 2.05) is 24.4 Å². The van der Waals surface area contributed by atoms with E-state index in [1.54, 1.807) is 31.4 Å². The van der Waals surface area contributed by atoms with Gasteiger partial charge in [0.05, 0.1) is 7.11 Å². The molecule has 2 N–H and O–H groups in total. The fraction of sp³-hybridized carbons (Fsp3) is 0.200. The van der Waals surface area contributed by atoms with Crippen molar-refractivity contribution in [2.24, 2.45) is 0 Å². The first-order valence-corrected chi connectivity index (χ1v) is 8.27. The summed E-state index contributed by atoms with van der Waals surface area (Å²) in [5.41, 5.74) is 2.67. The summed E-state index contributed by atoms with van der Waals surface area (Å²) in [6, 6.07) is 12.3. The van der Waals surface area contributed by atoms with E-state index in [9.17, 15) is 9.59 Å². The maximum atomic E-state index is 12.2. The lowest BCUT2D eigenvalue weighted by molar-refractivity contribution is -0.131. The zero-order valence-corrected chi connectivity index (χ0v) is 14.7. The molecule has 1 aromatic heterocycles. The fourth-order valence-electron chi connectivity index (χ4n) is 2.74. The van der Waals surface area contributed by atoms with Crippen LogP contribution in [-0.2, 0) is 11.2 Å². The molecule has 0 aliphatic carbocycles. The van der Waals surface area contributed by atoms with Crippen molar-refractivity contribution in [2.75, 3.05) is 13.7 Å². The second-order valence-corrected chi connectivity index (χ2v) is 5.85. The van der Waals surface area contributed by atoms with E-state index in [2.05, 4.69) is 10.3 Å². The van der Waals surface area contributed by atoms with E-state index >= 15 is 0 Å². The van der Waals surface area contributed by atoms with Crippen LogP contribution in [0.25, 0.3) is 10.9 Å². The van der Waals surface area contributed by atoms with Crippen molar-refractivity contribution in [3.05, 3.63) is 59.8 Å². The predicted molar refractivity (Wildman–Crippen MR) is 98.6 cm³/mol. The van der Waals surface area contributed by atoms with Gasteiger partial charge in [-0.1, -0.05) is 0 Å². The number of ether oxygens (including phenoxy) is 2. The number of carbonyl (C=O) groups excluding carboxylic acids is 2. The van der Waals surface area contributed by atoms with E-state index < -0.39 is 5.97 Å². The van der Waals surface area contributed by atoms with Crippen LogP contribution in [0.5, 0.6) is 11.5 Å². The average molecular weight is 352 g/mol. The van der Waals surface area contributed by atoms with Crippen LogP contribution in [0, 0.1) is 0 Å². The highest BCUT2D eigenvalue weighted by atomic mass is 16.5. The third kappa shape index (κ3) is 4.03. The Morgan fingerprint density at radius 1 is 1.08 bits per heavy atom. The van der Waals surface area contributed by atoms with Crippen LogP contribution >= 0.6 is 0 Å². The number of H-pyrrole nitrogens is 1. The SMILES string of the molecule is COc1ccc2[nH]cc(CCNC(=O)c3ccc(OC(C)=O)cc3)c2c1. The standard InChI is InChI=1S/C20H20N2O4/c1-13(23)26-16-5-3-14(4-6-16)20(24)21-10-9-15-12-22-19-8-7-17(25-2)11-18(15)19/h3-8,11-12,22H,9-10H2,1-2H3,(H,21,24). The summed E-state index contributed by atoms with van der Waals surface area (Å²) in [5.74, 6) is 0.659. The Labute approximate surface area is 151 Å². The molecule has 0 radical (unpaired) electrons. The number of esters is 1. The molecule has 1 amide bonds. The van der Waals surface area contributed by atoms with Crippen molar-refractivity contribution in [2.45, 2.75) is 13.3 Å². The summed E-state index contributed by atoms with van der Waals surface area (Å²) in [6.07, 6.45) is 2.65. The van der Waals surface area contributed by atoms with Crippen LogP contribution < -0.4 is 14.8 Å². The third-order valence-corrected chi connectivity index (χ3v) is 4.03. The Morgan fingerprint density at radius 2 is 1.81 bits per heavy atom. The molecule has 0 saturated carbocycles. The Bertz CT molecular complexity index is 929. The first-order chi connectivity index (χ1) is 12.6. The number of aromatic amines is 1. The minimum atomic E-state index is -0.391. The van der Waals surface area contributed by atoms with Crippen molar-refractivity contribution in [3.63, 3.8) is 0 Å². The van der Waals surface area contributed by atoms with Crippen LogP contribution in [0.4, 0.5) is 0 Å². The minimum Gasteiger partial charge on any atom is -0.497 e. The zero-order chi connectivity index (χ0) is 18.5. The van der Waals surface area contributed by atoms with Crippen LogP contribution in [0.15, 0.2) is 48.7 Å². The molecule has 0 atom stereocenters. The summed E-state index contributed by atoms with van der Waals surface area (Å²) < 4.78 is 10.2.